The molecular weight excluding hydrogens is 371 g/mol. The van der Waals surface area contributed by atoms with Crippen LogP contribution in [0.1, 0.15) is 31.0 Å². The smallest absolute Gasteiger partial charge is 0.406 e. The average molecular weight is 391 g/mol. The number of benzene rings is 1. The topological polar surface area (TPSA) is 54.5 Å². The molecule has 28 heavy (non-hydrogen) atoms. The Morgan fingerprint density at radius 2 is 2.00 bits per heavy atom. The summed E-state index contributed by atoms with van der Waals surface area (Å²) in [6.07, 6.45) is -0.785. The van der Waals surface area contributed by atoms with Gasteiger partial charge in [-0.1, -0.05) is 12.1 Å². The maximum atomic E-state index is 12.5. The fourth-order valence-corrected chi connectivity index (χ4v) is 4.08. The van der Waals surface area contributed by atoms with Crippen molar-refractivity contribution >= 4 is 5.91 Å². The van der Waals surface area contributed by atoms with Gasteiger partial charge in [-0.3, -0.25) is 15.1 Å². The summed E-state index contributed by atoms with van der Waals surface area (Å²) in [5.41, 5.74) is 1.61. The van der Waals surface area contributed by atoms with Gasteiger partial charge in [0, 0.05) is 19.8 Å². The lowest BCUT2D eigenvalue weighted by Gasteiger charge is -2.23. The van der Waals surface area contributed by atoms with Crippen LogP contribution < -0.4 is 10.1 Å². The molecule has 1 N–H and O–H groups in total. The summed E-state index contributed by atoms with van der Waals surface area (Å²) in [5.74, 6) is -0.149. The Balaban J connectivity index is 1.56. The maximum Gasteiger partial charge on any atom is 0.573 e. The zero-order valence-corrected chi connectivity index (χ0v) is 15.3. The van der Waals surface area contributed by atoms with Crippen molar-refractivity contribution in [3.8, 4) is 16.9 Å². The summed E-state index contributed by atoms with van der Waals surface area (Å²) in [6.45, 7) is 0.734. The number of likely N-dealkylation sites (N-methyl/N-ethyl adjacent to an activating group) is 1. The lowest BCUT2D eigenvalue weighted by Crippen LogP contribution is -2.47. The number of aromatic nitrogens is 1. The zero-order chi connectivity index (χ0) is 19.9. The van der Waals surface area contributed by atoms with E-state index in [9.17, 15) is 18.0 Å². The third-order valence-electron chi connectivity index (χ3n) is 5.48. The Labute approximate surface area is 160 Å². The van der Waals surface area contributed by atoms with Crippen LogP contribution in [-0.4, -0.2) is 41.3 Å². The van der Waals surface area contributed by atoms with E-state index in [2.05, 4.69) is 15.0 Å². The van der Waals surface area contributed by atoms with E-state index in [0.29, 0.717) is 5.56 Å². The molecule has 0 aliphatic carbocycles. The predicted molar refractivity (Wildman–Crippen MR) is 96.5 cm³/mol. The molecule has 1 amide bonds. The number of pyridine rings is 1. The van der Waals surface area contributed by atoms with Crippen LogP contribution in [0.2, 0.25) is 0 Å². The number of nitrogens with zero attached hydrogens (tertiary/aromatic N) is 2. The first-order chi connectivity index (χ1) is 13.3. The molecule has 4 rings (SSSR count). The highest BCUT2D eigenvalue weighted by molar-refractivity contribution is 5.88. The first-order valence-corrected chi connectivity index (χ1v) is 9.11. The number of likely N-dealkylation sites (tertiary alicyclic amines) is 1. The molecule has 2 aromatic rings. The van der Waals surface area contributed by atoms with Crippen LogP contribution in [0.3, 0.4) is 0 Å². The molecule has 0 bridgehead atoms. The van der Waals surface area contributed by atoms with Gasteiger partial charge in [0.1, 0.15) is 11.3 Å². The SMILES string of the molecule is CN1CC[C@@]2(CCC(c3cc(-c4cccc(OC(F)(F)F)c4)ccn3)N2)C1=O. The number of alkyl halides is 3. The third kappa shape index (κ3) is 3.56. The van der Waals surface area contributed by atoms with Crippen LogP contribution in [0.5, 0.6) is 5.75 Å². The fraction of sp³-hybridized carbons (Fsp3) is 0.400. The number of hydrogen-bond donors (Lipinski definition) is 1. The van der Waals surface area contributed by atoms with Crippen molar-refractivity contribution in [3.63, 3.8) is 0 Å². The van der Waals surface area contributed by atoms with Crippen LogP contribution in [0.4, 0.5) is 13.2 Å². The van der Waals surface area contributed by atoms with Crippen molar-refractivity contribution in [2.45, 2.75) is 37.2 Å². The van der Waals surface area contributed by atoms with Gasteiger partial charge >= 0.3 is 6.36 Å². The Kier molecular flexibility index (Phi) is 4.53. The second-order valence-corrected chi connectivity index (χ2v) is 7.34. The summed E-state index contributed by atoms with van der Waals surface area (Å²) in [5, 5.41) is 3.46. The standard InChI is InChI=1S/C20H20F3N3O2/c1-26-10-8-19(18(26)27)7-5-16(25-19)17-12-14(6-9-24-17)13-3-2-4-15(11-13)28-20(21,22)23/h2-4,6,9,11-12,16,25H,5,7-8,10H2,1H3/t16?,19-/m0/s1. The van der Waals surface area contributed by atoms with Crippen LogP contribution in [0.15, 0.2) is 42.6 Å². The molecule has 148 valence electrons. The number of carbonyl (C=O) groups excluding carboxylic acids is 1. The number of carbonyl (C=O) groups is 1. The molecule has 3 heterocycles. The molecule has 1 spiro atoms. The Morgan fingerprint density at radius 1 is 1.21 bits per heavy atom. The highest BCUT2D eigenvalue weighted by Crippen LogP contribution is 2.39. The first-order valence-electron chi connectivity index (χ1n) is 9.11. The van der Waals surface area contributed by atoms with Crippen molar-refractivity contribution < 1.29 is 22.7 Å². The number of ether oxygens (including phenoxy) is 1. The normalized spacial score (nSPS) is 24.9. The molecule has 2 fully saturated rings. The summed E-state index contributed by atoms with van der Waals surface area (Å²) in [6, 6.07) is 9.40. The molecule has 2 aliphatic heterocycles. The van der Waals surface area contributed by atoms with Crippen molar-refractivity contribution in [1.82, 2.24) is 15.2 Å². The third-order valence-corrected chi connectivity index (χ3v) is 5.48. The summed E-state index contributed by atoms with van der Waals surface area (Å²) in [7, 11) is 1.81. The molecule has 5 nitrogen and oxygen atoms in total. The Morgan fingerprint density at radius 3 is 2.71 bits per heavy atom. The number of hydrogen-bond acceptors (Lipinski definition) is 4. The highest BCUT2D eigenvalue weighted by Gasteiger charge is 2.50. The lowest BCUT2D eigenvalue weighted by molar-refractivity contribution is -0.274. The van der Waals surface area contributed by atoms with E-state index in [1.807, 2.05) is 6.07 Å². The molecular formula is C20H20F3N3O2. The predicted octanol–water partition coefficient (Wildman–Crippen LogP) is 3.67. The minimum absolute atomic E-state index is 0.0648. The Hall–Kier alpha value is -2.61. The molecule has 2 saturated heterocycles. The van der Waals surface area contributed by atoms with Crippen molar-refractivity contribution in [3.05, 3.63) is 48.3 Å². The average Bonchev–Trinajstić information content (AvgIpc) is 3.21. The van der Waals surface area contributed by atoms with E-state index in [4.69, 9.17) is 0 Å². The second-order valence-electron chi connectivity index (χ2n) is 7.34. The number of rotatable bonds is 3. The van der Waals surface area contributed by atoms with Crippen LogP contribution in [0.25, 0.3) is 11.1 Å². The van der Waals surface area contributed by atoms with Gasteiger partial charge in [0.15, 0.2) is 0 Å². The Bertz CT molecular complexity index is 902. The van der Waals surface area contributed by atoms with E-state index in [0.717, 1.165) is 37.1 Å². The van der Waals surface area contributed by atoms with Crippen molar-refractivity contribution in [1.29, 1.82) is 0 Å². The minimum Gasteiger partial charge on any atom is -0.406 e. The molecule has 0 saturated carbocycles. The maximum absolute atomic E-state index is 12.5. The van der Waals surface area contributed by atoms with Gasteiger partial charge in [0.2, 0.25) is 5.91 Å². The van der Waals surface area contributed by atoms with Gasteiger partial charge < -0.3 is 9.64 Å². The number of nitrogens with one attached hydrogen (secondary N) is 1. The molecule has 1 aromatic heterocycles. The van der Waals surface area contributed by atoms with Gasteiger partial charge in [-0.25, -0.2) is 0 Å². The number of halogens is 3. The van der Waals surface area contributed by atoms with Crippen LogP contribution in [-0.2, 0) is 4.79 Å². The van der Waals surface area contributed by atoms with Crippen molar-refractivity contribution in [2.75, 3.05) is 13.6 Å². The molecule has 1 unspecified atom stereocenters. The highest BCUT2D eigenvalue weighted by atomic mass is 19.4. The summed E-state index contributed by atoms with van der Waals surface area (Å²) in [4.78, 5) is 18.7. The van der Waals surface area contributed by atoms with Crippen LogP contribution in [0, 0.1) is 0 Å². The molecule has 1 aromatic carbocycles. The van der Waals surface area contributed by atoms with Gasteiger partial charge in [-0.15, -0.1) is 13.2 Å². The quantitative estimate of drug-likeness (QED) is 0.868. The van der Waals surface area contributed by atoms with Crippen molar-refractivity contribution in [2.24, 2.45) is 0 Å². The molecule has 8 heteroatoms. The molecule has 2 aliphatic rings. The van der Waals surface area contributed by atoms with Gasteiger partial charge in [0.05, 0.1) is 11.7 Å². The lowest BCUT2D eigenvalue weighted by atomic mass is 9.96. The van der Waals surface area contributed by atoms with E-state index in [1.165, 1.54) is 18.2 Å². The van der Waals surface area contributed by atoms with E-state index in [-0.39, 0.29) is 17.7 Å². The molecule has 2 atom stereocenters. The summed E-state index contributed by atoms with van der Waals surface area (Å²) >= 11 is 0. The first kappa shape index (κ1) is 18.7. The fourth-order valence-electron chi connectivity index (χ4n) is 4.08. The molecule has 0 radical (unpaired) electrons. The second kappa shape index (κ2) is 6.77. The number of amides is 1. The monoisotopic (exact) mass is 391 g/mol. The summed E-state index contributed by atoms with van der Waals surface area (Å²) < 4.78 is 41.4. The van der Waals surface area contributed by atoms with Gasteiger partial charge in [0.25, 0.3) is 0 Å². The van der Waals surface area contributed by atoms with E-state index in [1.54, 1.807) is 30.3 Å². The zero-order valence-electron chi connectivity index (χ0n) is 15.3. The van der Waals surface area contributed by atoms with Gasteiger partial charge in [-0.05, 0) is 54.7 Å². The van der Waals surface area contributed by atoms with E-state index < -0.39 is 11.9 Å². The van der Waals surface area contributed by atoms with Crippen LogP contribution >= 0.6 is 0 Å². The van der Waals surface area contributed by atoms with Gasteiger partial charge in [-0.2, -0.15) is 0 Å². The van der Waals surface area contributed by atoms with E-state index >= 15 is 0 Å². The largest absolute Gasteiger partial charge is 0.573 e. The minimum atomic E-state index is -4.73.